The summed E-state index contributed by atoms with van der Waals surface area (Å²) in [6, 6.07) is 0. The molecule has 17 heteroatoms. The zero-order valence-electron chi connectivity index (χ0n) is 18.7. The van der Waals surface area contributed by atoms with Crippen LogP contribution in [0.2, 0.25) is 11.6 Å². The second kappa shape index (κ2) is 21.2. The summed E-state index contributed by atoms with van der Waals surface area (Å²) in [6.07, 6.45) is 4.39. The van der Waals surface area contributed by atoms with Crippen LogP contribution in [-0.2, 0) is 0 Å². The molecule has 0 saturated heterocycles. The van der Waals surface area contributed by atoms with Gasteiger partial charge < -0.3 is 0 Å². The van der Waals surface area contributed by atoms with Gasteiger partial charge in [0.1, 0.15) is 18.7 Å². The van der Waals surface area contributed by atoms with E-state index in [4.69, 9.17) is 0 Å². The van der Waals surface area contributed by atoms with Gasteiger partial charge in [-0.25, -0.2) is 0 Å². The highest BCUT2D eigenvalue weighted by atomic mass is 33.5. The zero-order chi connectivity index (χ0) is 21.4. The summed E-state index contributed by atoms with van der Waals surface area (Å²) in [5, 5.41) is 0.707. The van der Waals surface area contributed by atoms with Crippen LogP contribution in [0.25, 0.3) is 0 Å². The van der Waals surface area contributed by atoms with Crippen LogP contribution in [0.5, 0.6) is 0 Å². The lowest BCUT2D eigenvalue weighted by atomic mass is 8.89. The first-order valence-electron chi connectivity index (χ1n) is 10.0. The fraction of sp³-hybridized carbons (Fsp3) is 1.00. The summed E-state index contributed by atoms with van der Waals surface area (Å²) in [4.78, 5) is 0. The Labute approximate surface area is 215 Å². The Hall–Kier alpha value is 3.67. The van der Waals surface area contributed by atoms with Gasteiger partial charge in [-0.15, -0.1) is 10.6 Å². The van der Waals surface area contributed by atoms with Crippen molar-refractivity contribution >= 4 is 147 Å². The molecule has 0 unspecified atom stereocenters. The molecule has 0 saturated carbocycles. The molecule has 0 aliphatic heterocycles. The van der Waals surface area contributed by atoms with E-state index in [1.54, 1.807) is 0 Å². The quantitative estimate of drug-likeness (QED) is 0.154. The Morgan fingerprint density at radius 3 is 1.86 bits per heavy atom. The molecule has 0 atom stereocenters. The molecule has 0 aliphatic carbocycles. The maximum Gasteiger partial charge on any atom is 0.181 e. The van der Waals surface area contributed by atoms with Crippen molar-refractivity contribution in [1.29, 1.82) is 0 Å². The van der Waals surface area contributed by atoms with Crippen molar-refractivity contribution in [3.8, 4) is 0 Å². The molecule has 0 heterocycles. The van der Waals surface area contributed by atoms with Crippen LogP contribution in [0.15, 0.2) is 0 Å². The molecular weight excluding hydrogens is 507 g/mol. The summed E-state index contributed by atoms with van der Waals surface area (Å²) in [7, 11) is 24.9. The lowest BCUT2D eigenvalue weighted by Gasteiger charge is -2.18. The second-order valence-electron chi connectivity index (χ2n) is 7.79. The van der Waals surface area contributed by atoms with E-state index in [9.17, 15) is 0 Å². The molecule has 28 heavy (non-hydrogen) atoms. The van der Waals surface area contributed by atoms with Gasteiger partial charge in [0.2, 0.25) is 0 Å². The smallest absolute Gasteiger partial charge is 0.155 e. The highest BCUT2D eigenvalue weighted by Crippen LogP contribution is 2.40. The van der Waals surface area contributed by atoms with E-state index in [0.29, 0.717) is 5.25 Å². The van der Waals surface area contributed by atoms with Gasteiger partial charge in [0, 0.05) is 12.3 Å². The average Bonchev–Trinajstić information content (AvgIpc) is 2.60. The third-order valence-electron chi connectivity index (χ3n) is 3.90. The lowest BCUT2D eigenvalue weighted by Crippen LogP contribution is -2.44. The Kier molecular flexibility index (Phi) is 24.0. The monoisotopic (exact) mass is 540 g/mol. The Morgan fingerprint density at radius 2 is 1.32 bits per heavy atom. The fourth-order valence-corrected chi connectivity index (χ4v) is 15.4. The predicted octanol–water partition coefficient (Wildman–Crippen LogP) is 5.45. The van der Waals surface area contributed by atoms with E-state index in [2.05, 4.69) is 86.0 Å². The zero-order valence-corrected chi connectivity index (χ0v) is 26.0. The van der Waals surface area contributed by atoms with Crippen molar-refractivity contribution < 1.29 is 0 Å². The number of hydrogen-bond acceptors (Lipinski definition) is 9. The van der Waals surface area contributed by atoms with Gasteiger partial charge in [0.25, 0.3) is 0 Å². The van der Waals surface area contributed by atoms with Crippen molar-refractivity contribution in [2.75, 3.05) is 12.5 Å². The molecule has 0 aromatic carbocycles. The van der Waals surface area contributed by atoms with Gasteiger partial charge in [-0.1, -0.05) is 85.6 Å². The largest absolute Gasteiger partial charge is 0.181 e. The minimum atomic E-state index is 0.707. The lowest BCUT2D eigenvalue weighted by molar-refractivity contribution is 1.07. The van der Waals surface area contributed by atoms with Crippen LogP contribution in [-0.4, -0.2) is 70.6 Å². The highest BCUT2D eigenvalue weighted by molar-refractivity contribution is 9.17. The molecule has 0 aromatic heterocycles. The van der Waals surface area contributed by atoms with Crippen LogP contribution in [0, 0.1) is 0 Å². The summed E-state index contributed by atoms with van der Waals surface area (Å²) in [5.41, 5.74) is 0. The molecule has 154 valence electrons. The van der Waals surface area contributed by atoms with Gasteiger partial charge in [0.15, 0.2) is 5.88 Å². The first-order chi connectivity index (χ1) is 13.3. The molecule has 0 spiro atoms. The second-order valence-corrected chi connectivity index (χ2v) is 21.7. The first-order valence-corrected chi connectivity index (χ1v) is 21.5. The van der Waals surface area contributed by atoms with Crippen LogP contribution in [0.4, 0.5) is 0 Å². The highest BCUT2D eigenvalue weighted by Gasteiger charge is 2.29. The van der Waals surface area contributed by atoms with Crippen LogP contribution in [0.3, 0.4) is 0 Å². The summed E-state index contributed by atoms with van der Waals surface area (Å²) in [5.74, 6) is 3.90. The Morgan fingerprint density at radius 1 is 0.714 bits per heavy atom. The maximum atomic E-state index is 2.38. The molecular formula is C11H32B8S9. The SMILES string of the molecule is CSSSB(BBBB(SSSC)C(C)C)BB(BC(C)C)SSSC(C)C. The van der Waals surface area contributed by atoms with Crippen LogP contribution >= 0.6 is 93.8 Å². The Bertz CT molecular complexity index is 358. The third kappa shape index (κ3) is 19.2. The van der Waals surface area contributed by atoms with E-state index in [1.165, 1.54) is 35.4 Å². The van der Waals surface area contributed by atoms with Gasteiger partial charge in [0.05, 0.1) is 21.2 Å². The maximum absolute atomic E-state index is 2.38. The van der Waals surface area contributed by atoms with Gasteiger partial charge in [-0.05, 0) is 42.0 Å². The third-order valence-corrected chi connectivity index (χ3v) is 17.8. The summed E-state index contributed by atoms with van der Waals surface area (Å²) >= 11 is 0. The van der Waals surface area contributed by atoms with E-state index >= 15 is 0 Å². The fourth-order valence-electron chi connectivity index (χ4n) is 2.58. The summed E-state index contributed by atoms with van der Waals surface area (Å²) < 4.78 is 0. The molecule has 0 nitrogen and oxygen atoms in total. The van der Waals surface area contributed by atoms with Crippen molar-refractivity contribution in [3.05, 3.63) is 0 Å². The minimum absolute atomic E-state index is 0.707. The van der Waals surface area contributed by atoms with E-state index < -0.39 is 0 Å². The predicted molar refractivity (Wildman–Crippen MR) is 179 cm³/mol. The van der Waals surface area contributed by atoms with Crippen molar-refractivity contribution in [3.63, 3.8) is 0 Å². The van der Waals surface area contributed by atoms with Gasteiger partial charge in [-0.3, -0.25) is 0 Å². The molecule has 0 amide bonds. The molecule has 0 radical (unpaired) electrons. The molecule has 0 bridgehead atoms. The van der Waals surface area contributed by atoms with Gasteiger partial charge in [-0.2, -0.15) is 21.3 Å². The standard InChI is InChI=1S/C11H32B8S9/c1-9(2)12-18(24-28-22-11(5)6)16-19(25-27-21-8)15-13-14-17(10(3)4)23-26-20-7/h9-16H,1-8H3. The average molecular weight is 539 g/mol. The van der Waals surface area contributed by atoms with E-state index in [0.717, 1.165) is 29.1 Å². The van der Waals surface area contributed by atoms with Crippen LogP contribution < -0.4 is 0 Å². The van der Waals surface area contributed by atoms with E-state index in [-0.39, 0.29) is 0 Å². The van der Waals surface area contributed by atoms with Crippen LogP contribution in [0.1, 0.15) is 41.5 Å². The number of hydrogen-bond donors (Lipinski definition) is 0. The molecule has 0 fully saturated rings. The molecule has 0 aliphatic rings. The first kappa shape index (κ1) is 31.7. The molecule has 0 N–H and O–H groups in total. The summed E-state index contributed by atoms with van der Waals surface area (Å²) in [6.45, 7) is 14.1. The van der Waals surface area contributed by atoms with Gasteiger partial charge >= 0.3 is 0 Å². The van der Waals surface area contributed by atoms with Crippen molar-refractivity contribution in [2.45, 2.75) is 58.4 Å². The topological polar surface area (TPSA) is 0 Å². The Balaban J connectivity index is 4.62. The molecule has 0 aromatic rings. The number of rotatable bonds is 19. The molecule has 0 rings (SSSR count). The normalized spacial score (nSPS) is 11.0. The van der Waals surface area contributed by atoms with E-state index in [1.807, 2.05) is 61.9 Å². The minimum Gasteiger partial charge on any atom is -0.155 e. The van der Waals surface area contributed by atoms with Crippen molar-refractivity contribution in [2.24, 2.45) is 0 Å². The van der Waals surface area contributed by atoms with Crippen molar-refractivity contribution in [1.82, 2.24) is 0 Å².